The van der Waals surface area contributed by atoms with E-state index in [9.17, 15) is 19.8 Å². The highest BCUT2D eigenvalue weighted by Gasteiger charge is 2.49. The molecule has 2 fully saturated rings. The Bertz CT molecular complexity index is 419. The number of nitrogens with one attached hydrogen (secondary N) is 1. The minimum absolute atomic E-state index is 0.157. The molecule has 0 saturated carbocycles. The second-order valence-corrected chi connectivity index (χ2v) is 5.41. The van der Waals surface area contributed by atoms with Crippen molar-refractivity contribution in [1.82, 2.24) is 10.2 Å². The van der Waals surface area contributed by atoms with Gasteiger partial charge in [-0.2, -0.15) is 0 Å². The van der Waals surface area contributed by atoms with Crippen LogP contribution < -0.4 is 5.32 Å². The highest BCUT2D eigenvalue weighted by Crippen LogP contribution is 2.28. The standard InChI is InChI=1S/C13H22N2O7/c1-7-5-15(13(19)14-11(7)18)12-10(21-4-3-20-2)9(17)8(6-16)22-12/h7-10,12,16-17H,3-6H2,1-2H3,(H,14,18,19). The number of urea groups is 1. The van der Waals surface area contributed by atoms with Crippen LogP contribution in [-0.2, 0) is 19.0 Å². The molecular formula is C13H22N2O7. The third kappa shape index (κ3) is 3.39. The molecule has 2 rings (SSSR count). The molecule has 0 bridgehead atoms. The number of aliphatic hydroxyl groups excluding tert-OH is 2. The summed E-state index contributed by atoms with van der Waals surface area (Å²) in [6, 6.07) is -0.598. The normalized spacial score (nSPS) is 35.8. The summed E-state index contributed by atoms with van der Waals surface area (Å²) >= 11 is 0. The fourth-order valence-electron chi connectivity index (χ4n) is 2.55. The lowest BCUT2D eigenvalue weighted by Crippen LogP contribution is -2.59. The Labute approximate surface area is 128 Å². The summed E-state index contributed by atoms with van der Waals surface area (Å²) in [6.45, 7) is 1.97. The Hall–Kier alpha value is -1.26. The number of hydrogen-bond donors (Lipinski definition) is 3. The molecule has 0 aromatic heterocycles. The van der Waals surface area contributed by atoms with Crippen molar-refractivity contribution in [2.45, 2.75) is 31.5 Å². The molecule has 2 heterocycles. The van der Waals surface area contributed by atoms with Crippen molar-refractivity contribution < 1.29 is 34.0 Å². The number of imide groups is 1. The van der Waals surface area contributed by atoms with Gasteiger partial charge in [0.2, 0.25) is 5.91 Å². The van der Waals surface area contributed by atoms with Crippen LogP contribution in [0.3, 0.4) is 0 Å². The van der Waals surface area contributed by atoms with Gasteiger partial charge in [0, 0.05) is 13.7 Å². The van der Waals surface area contributed by atoms with E-state index in [4.69, 9.17) is 14.2 Å². The lowest BCUT2D eigenvalue weighted by atomic mass is 10.1. The van der Waals surface area contributed by atoms with Crippen LogP contribution >= 0.6 is 0 Å². The predicted octanol–water partition coefficient (Wildman–Crippen LogP) is -1.72. The van der Waals surface area contributed by atoms with E-state index in [1.54, 1.807) is 6.92 Å². The van der Waals surface area contributed by atoms with Crippen LogP contribution in [0.2, 0.25) is 0 Å². The Morgan fingerprint density at radius 1 is 1.41 bits per heavy atom. The van der Waals surface area contributed by atoms with Crippen LogP contribution in [0.4, 0.5) is 4.79 Å². The van der Waals surface area contributed by atoms with Crippen LogP contribution in [0.5, 0.6) is 0 Å². The van der Waals surface area contributed by atoms with Gasteiger partial charge in [-0.15, -0.1) is 0 Å². The summed E-state index contributed by atoms with van der Waals surface area (Å²) in [5, 5.41) is 21.7. The van der Waals surface area contributed by atoms with Crippen LogP contribution in [-0.4, -0.2) is 85.1 Å². The number of amides is 3. The monoisotopic (exact) mass is 318 g/mol. The zero-order valence-electron chi connectivity index (χ0n) is 12.6. The zero-order valence-corrected chi connectivity index (χ0v) is 12.6. The van der Waals surface area contributed by atoms with E-state index >= 15 is 0 Å². The lowest BCUT2D eigenvalue weighted by molar-refractivity contribution is -0.133. The first-order valence-corrected chi connectivity index (χ1v) is 7.16. The fourth-order valence-corrected chi connectivity index (χ4v) is 2.55. The van der Waals surface area contributed by atoms with Crippen molar-refractivity contribution in [3.8, 4) is 0 Å². The summed E-state index contributed by atoms with van der Waals surface area (Å²) in [6.07, 6.45) is -3.62. The number of methoxy groups -OCH3 is 1. The van der Waals surface area contributed by atoms with Crippen LogP contribution in [0, 0.1) is 5.92 Å². The largest absolute Gasteiger partial charge is 0.394 e. The molecule has 5 unspecified atom stereocenters. The van der Waals surface area contributed by atoms with Crippen molar-refractivity contribution in [2.75, 3.05) is 33.5 Å². The second kappa shape index (κ2) is 7.34. The van der Waals surface area contributed by atoms with Gasteiger partial charge in [0.1, 0.15) is 18.3 Å². The Morgan fingerprint density at radius 2 is 2.14 bits per heavy atom. The van der Waals surface area contributed by atoms with Gasteiger partial charge < -0.3 is 24.4 Å². The van der Waals surface area contributed by atoms with Gasteiger partial charge in [-0.1, -0.05) is 6.92 Å². The summed E-state index contributed by atoms with van der Waals surface area (Å²) in [5.74, 6) is -0.749. The van der Waals surface area contributed by atoms with Gasteiger partial charge in [0.15, 0.2) is 6.23 Å². The minimum Gasteiger partial charge on any atom is -0.394 e. The summed E-state index contributed by atoms with van der Waals surface area (Å²) in [5.41, 5.74) is 0. The number of rotatable bonds is 6. The molecule has 9 nitrogen and oxygen atoms in total. The van der Waals surface area contributed by atoms with E-state index in [2.05, 4.69) is 5.32 Å². The van der Waals surface area contributed by atoms with Crippen molar-refractivity contribution >= 4 is 11.9 Å². The minimum atomic E-state index is -1.08. The zero-order chi connectivity index (χ0) is 16.3. The van der Waals surface area contributed by atoms with Gasteiger partial charge >= 0.3 is 6.03 Å². The number of aliphatic hydroxyl groups is 2. The molecule has 9 heteroatoms. The molecule has 126 valence electrons. The van der Waals surface area contributed by atoms with Crippen LogP contribution in [0.15, 0.2) is 0 Å². The number of nitrogens with zero attached hydrogens (tertiary/aromatic N) is 1. The van der Waals surface area contributed by atoms with Crippen molar-refractivity contribution in [1.29, 1.82) is 0 Å². The van der Waals surface area contributed by atoms with Gasteiger partial charge in [0.05, 0.1) is 25.7 Å². The van der Waals surface area contributed by atoms with E-state index in [0.29, 0.717) is 6.61 Å². The Balaban J connectivity index is 2.11. The van der Waals surface area contributed by atoms with E-state index in [1.807, 2.05) is 0 Å². The molecule has 3 amide bonds. The maximum atomic E-state index is 12.0. The molecule has 22 heavy (non-hydrogen) atoms. The molecule has 0 spiro atoms. The first-order chi connectivity index (χ1) is 10.5. The van der Waals surface area contributed by atoms with Crippen LogP contribution in [0.25, 0.3) is 0 Å². The number of hydrogen-bond acceptors (Lipinski definition) is 7. The summed E-state index contributed by atoms with van der Waals surface area (Å²) in [4.78, 5) is 24.8. The maximum absolute atomic E-state index is 12.0. The predicted molar refractivity (Wildman–Crippen MR) is 72.8 cm³/mol. The molecular weight excluding hydrogens is 296 g/mol. The average Bonchev–Trinajstić information content (AvgIpc) is 2.80. The molecule has 2 aliphatic heterocycles. The molecule has 2 aliphatic rings. The quantitative estimate of drug-likeness (QED) is 0.499. The SMILES string of the molecule is COCCOC1C(O)C(CO)OC1N1CC(C)C(=O)NC1=O. The smallest absolute Gasteiger partial charge is 0.326 e. The highest BCUT2D eigenvalue weighted by molar-refractivity contribution is 5.97. The first kappa shape index (κ1) is 17.1. The topological polar surface area (TPSA) is 118 Å². The van der Waals surface area contributed by atoms with E-state index < -0.39 is 43.1 Å². The lowest BCUT2D eigenvalue weighted by Gasteiger charge is -2.36. The molecule has 5 atom stereocenters. The molecule has 0 aromatic carbocycles. The first-order valence-electron chi connectivity index (χ1n) is 7.16. The van der Waals surface area contributed by atoms with Crippen LogP contribution in [0.1, 0.15) is 6.92 Å². The van der Waals surface area contributed by atoms with Crippen molar-refractivity contribution in [2.24, 2.45) is 5.92 Å². The third-order valence-corrected chi connectivity index (χ3v) is 3.81. The average molecular weight is 318 g/mol. The van der Waals surface area contributed by atoms with E-state index in [0.717, 1.165) is 0 Å². The molecule has 2 saturated heterocycles. The Kier molecular flexibility index (Phi) is 5.70. The van der Waals surface area contributed by atoms with Gasteiger partial charge in [-0.3, -0.25) is 15.0 Å². The van der Waals surface area contributed by atoms with E-state index in [-0.39, 0.29) is 19.1 Å². The third-order valence-electron chi connectivity index (χ3n) is 3.81. The fraction of sp³-hybridized carbons (Fsp3) is 0.846. The summed E-state index contributed by atoms with van der Waals surface area (Å²) in [7, 11) is 1.52. The van der Waals surface area contributed by atoms with Crippen molar-refractivity contribution in [3.63, 3.8) is 0 Å². The van der Waals surface area contributed by atoms with Gasteiger partial charge in [0.25, 0.3) is 0 Å². The van der Waals surface area contributed by atoms with E-state index in [1.165, 1.54) is 12.0 Å². The molecule has 0 radical (unpaired) electrons. The van der Waals surface area contributed by atoms with Gasteiger partial charge in [-0.25, -0.2) is 4.79 Å². The number of carbonyl (C=O) groups excluding carboxylic acids is 2. The Morgan fingerprint density at radius 3 is 2.77 bits per heavy atom. The highest BCUT2D eigenvalue weighted by atomic mass is 16.6. The van der Waals surface area contributed by atoms with Gasteiger partial charge in [-0.05, 0) is 0 Å². The molecule has 0 aromatic rings. The summed E-state index contributed by atoms with van der Waals surface area (Å²) < 4.78 is 16.0. The second-order valence-electron chi connectivity index (χ2n) is 5.41. The molecule has 3 N–H and O–H groups in total. The molecule has 0 aliphatic carbocycles. The maximum Gasteiger partial charge on any atom is 0.326 e. The number of carbonyl (C=O) groups is 2. The van der Waals surface area contributed by atoms with Crippen molar-refractivity contribution in [3.05, 3.63) is 0 Å². The number of ether oxygens (including phenoxy) is 3.